The molecule has 4 N–H and O–H groups in total. The molecular weight excluding hydrogens is 242 g/mol. The molecule has 1 aromatic heterocycles. The van der Waals surface area contributed by atoms with E-state index < -0.39 is 0 Å². The lowest BCUT2D eigenvalue weighted by atomic mass is 10.2. The number of anilines is 2. The van der Waals surface area contributed by atoms with E-state index >= 15 is 0 Å². The number of rotatable bonds is 5. The molecule has 104 valence electrons. The molecule has 3 rings (SSSR count). The summed E-state index contributed by atoms with van der Waals surface area (Å²) in [5, 5.41) is 3.38. The fourth-order valence-corrected chi connectivity index (χ4v) is 2.39. The highest BCUT2D eigenvalue weighted by Crippen LogP contribution is 2.39. The van der Waals surface area contributed by atoms with Crippen LogP contribution < -0.4 is 16.6 Å². The van der Waals surface area contributed by atoms with Crippen LogP contribution in [0.5, 0.6) is 0 Å². The molecule has 6 heteroatoms. The SMILES string of the molecule is Cc1c(NN)nc(C2CC2)nc1NCC1CCCO1. The summed E-state index contributed by atoms with van der Waals surface area (Å²) in [4.78, 5) is 9.11. The Morgan fingerprint density at radius 1 is 1.26 bits per heavy atom. The van der Waals surface area contributed by atoms with Gasteiger partial charge in [0, 0.05) is 24.6 Å². The molecule has 1 saturated heterocycles. The summed E-state index contributed by atoms with van der Waals surface area (Å²) < 4.78 is 5.61. The van der Waals surface area contributed by atoms with Crippen molar-refractivity contribution in [2.45, 2.75) is 44.6 Å². The minimum atomic E-state index is 0.299. The summed E-state index contributed by atoms with van der Waals surface area (Å²) in [6.07, 6.45) is 4.93. The fourth-order valence-electron chi connectivity index (χ4n) is 2.39. The van der Waals surface area contributed by atoms with Crippen molar-refractivity contribution < 1.29 is 4.74 Å². The topological polar surface area (TPSA) is 85.1 Å². The van der Waals surface area contributed by atoms with Crippen LogP contribution in [0.25, 0.3) is 0 Å². The van der Waals surface area contributed by atoms with Crippen LogP contribution in [0.15, 0.2) is 0 Å². The van der Waals surface area contributed by atoms with Gasteiger partial charge in [-0.2, -0.15) is 0 Å². The molecule has 1 saturated carbocycles. The zero-order valence-corrected chi connectivity index (χ0v) is 11.3. The van der Waals surface area contributed by atoms with Gasteiger partial charge in [-0.1, -0.05) is 0 Å². The standard InChI is InChI=1S/C13H21N5O/c1-8-11(15-7-10-3-2-6-19-10)16-13(9-4-5-9)17-12(8)18-14/h9-10H,2-7,14H2,1H3,(H2,15,16,17,18). The van der Waals surface area contributed by atoms with Gasteiger partial charge in [0.2, 0.25) is 0 Å². The first-order valence-corrected chi connectivity index (χ1v) is 6.98. The Labute approximate surface area is 113 Å². The maximum Gasteiger partial charge on any atom is 0.148 e. The summed E-state index contributed by atoms with van der Waals surface area (Å²) in [6.45, 7) is 3.65. The number of aromatic nitrogens is 2. The molecule has 2 aliphatic rings. The summed E-state index contributed by atoms with van der Waals surface area (Å²) in [5.74, 6) is 8.53. The van der Waals surface area contributed by atoms with Gasteiger partial charge in [-0.05, 0) is 32.6 Å². The first kappa shape index (κ1) is 12.6. The van der Waals surface area contributed by atoms with Crippen molar-refractivity contribution in [1.82, 2.24) is 9.97 Å². The van der Waals surface area contributed by atoms with Crippen molar-refractivity contribution in [3.8, 4) is 0 Å². The van der Waals surface area contributed by atoms with Crippen LogP contribution in [0.1, 0.15) is 43.0 Å². The molecule has 0 aromatic carbocycles. The number of nitrogens with two attached hydrogens (primary N) is 1. The molecule has 1 unspecified atom stereocenters. The van der Waals surface area contributed by atoms with E-state index in [4.69, 9.17) is 10.6 Å². The van der Waals surface area contributed by atoms with Gasteiger partial charge >= 0.3 is 0 Å². The van der Waals surface area contributed by atoms with Crippen LogP contribution in [0, 0.1) is 6.92 Å². The summed E-state index contributed by atoms with van der Waals surface area (Å²) in [7, 11) is 0. The van der Waals surface area contributed by atoms with Crippen molar-refractivity contribution in [1.29, 1.82) is 0 Å². The van der Waals surface area contributed by atoms with E-state index in [1.807, 2.05) is 6.92 Å². The number of hydrogen-bond donors (Lipinski definition) is 3. The number of hydrazine groups is 1. The Kier molecular flexibility index (Phi) is 3.52. The van der Waals surface area contributed by atoms with Crippen LogP contribution in [-0.2, 0) is 4.74 Å². The van der Waals surface area contributed by atoms with E-state index in [0.717, 1.165) is 43.2 Å². The van der Waals surface area contributed by atoms with Crippen LogP contribution >= 0.6 is 0 Å². The van der Waals surface area contributed by atoms with Crippen molar-refractivity contribution in [3.63, 3.8) is 0 Å². The highest BCUT2D eigenvalue weighted by Gasteiger charge is 2.28. The smallest absolute Gasteiger partial charge is 0.148 e. The lowest BCUT2D eigenvalue weighted by Crippen LogP contribution is -2.21. The number of hydrogen-bond acceptors (Lipinski definition) is 6. The normalized spacial score (nSPS) is 22.5. The third-order valence-electron chi connectivity index (χ3n) is 3.76. The second-order valence-electron chi connectivity index (χ2n) is 5.34. The monoisotopic (exact) mass is 263 g/mol. The van der Waals surface area contributed by atoms with Gasteiger partial charge < -0.3 is 15.5 Å². The molecule has 1 atom stereocenters. The molecule has 0 spiro atoms. The molecule has 0 amide bonds. The zero-order chi connectivity index (χ0) is 13.2. The Morgan fingerprint density at radius 3 is 2.68 bits per heavy atom. The van der Waals surface area contributed by atoms with Gasteiger partial charge in [-0.3, -0.25) is 0 Å². The average Bonchev–Trinajstić information content (AvgIpc) is 3.14. The molecule has 2 fully saturated rings. The van der Waals surface area contributed by atoms with E-state index in [2.05, 4.69) is 20.7 Å². The Bertz CT molecular complexity index is 455. The molecule has 0 bridgehead atoms. The van der Waals surface area contributed by atoms with Gasteiger partial charge in [0.1, 0.15) is 17.5 Å². The molecule has 2 heterocycles. The van der Waals surface area contributed by atoms with Gasteiger partial charge in [0.15, 0.2) is 0 Å². The molecule has 1 aromatic rings. The molecule has 19 heavy (non-hydrogen) atoms. The summed E-state index contributed by atoms with van der Waals surface area (Å²) in [6, 6.07) is 0. The summed E-state index contributed by atoms with van der Waals surface area (Å²) in [5.41, 5.74) is 3.63. The maximum absolute atomic E-state index is 5.61. The van der Waals surface area contributed by atoms with Gasteiger partial charge in [0.05, 0.1) is 6.10 Å². The molecule has 6 nitrogen and oxygen atoms in total. The Hall–Kier alpha value is -1.40. The van der Waals surface area contributed by atoms with E-state index in [1.165, 1.54) is 12.8 Å². The largest absolute Gasteiger partial charge is 0.376 e. The number of ether oxygens (including phenoxy) is 1. The van der Waals surface area contributed by atoms with Gasteiger partial charge in [-0.15, -0.1) is 0 Å². The minimum Gasteiger partial charge on any atom is -0.376 e. The predicted octanol–water partition coefficient (Wildman–Crippen LogP) is 1.54. The van der Waals surface area contributed by atoms with Crippen molar-refractivity contribution in [3.05, 3.63) is 11.4 Å². The fraction of sp³-hybridized carbons (Fsp3) is 0.692. The average molecular weight is 263 g/mol. The quantitative estimate of drug-likeness (QED) is 0.552. The first-order valence-electron chi connectivity index (χ1n) is 6.98. The van der Waals surface area contributed by atoms with Gasteiger partial charge in [0.25, 0.3) is 0 Å². The lowest BCUT2D eigenvalue weighted by Gasteiger charge is -2.15. The minimum absolute atomic E-state index is 0.299. The maximum atomic E-state index is 5.61. The number of nitrogens with one attached hydrogen (secondary N) is 2. The van der Waals surface area contributed by atoms with E-state index in [0.29, 0.717) is 17.8 Å². The van der Waals surface area contributed by atoms with E-state index in [1.54, 1.807) is 0 Å². The third kappa shape index (κ3) is 2.79. The molecule has 1 aliphatic heterocycles. The Balaban J connectivity index is 1.75. The van der Waals surface area contributed by atoms with Crippen molar-refractivity contribution in [2.75, 3.05) is 23.9 Å². The van der Waals surface area contributed by atoms with Crippen LogP contribution in [0.3, 0.4) is 0 Å². The third-order valence-corrected chi connectivity index (χ3v) is 3.76. The van der Waals surface area contributed by atoms with Gasteiger partial charge in [-0.25, -0.2) is 15.8 Å². The lowest BCUT2D eigenvalue weighted by molar-refractivity contribution is 0.120. The molecule has 0 radical (unpaired) electrons. The van der Waals surface area contributed by atoms with E-state index in [-0.39, 0.29) is 0 Å². The highest BCUT2D eigenvalue weighted by molar-refractivity contribution is 5.57. The second-order valence-corrected chi connectivity index (χ2v) is 5.34. The number of nitrogens with zero attached hydrogens (tertiary/aromatic N) is 2. The summed E-state index contributed by atoms with van der Waals surface area (Å²) >= 11 is 0. The van der Waals surface area contributed by atoms with Crippen molar-refractivity contribution >= 4 is 11.6 Å². The highest BCUT2D eigenvalue weighted by atomic mass is 16.5. The number of nitrogen functional groups attached to an aromatic ring is 1. The second kappa shape index (κ2) is 5.30. The predicted molar refractivity (Wildman–Crippen MR) is 74.0 cm³/mol. The Morgan fingerprint density at radius 2 is 2.05 bits per heavy atom. The molecular formula is C13H21N5O. The van der Waals surface area contributed by atoms with Crippen molar-refractivity contribution in [2.24, 2.45) is 5.84 Å². The molecule has 1 aliphatic carbocycles. The first-order chi connectivity index (χ1) is 9.28. The van der Waals surface area contributed by atoms with E-state index in [9.17, 15) is 0 Å². The van der Waals surface area contributed by atoms with Crippen LogP contribution in [0.4, 0.5) is 11.6 Å². The zero-order valence-electron chi connectivity index (χ0n) is 11.3. The van der Waals surface area contributed by atoms with Crippen LogP contribution in [0.2, 0.25) is 0 Å². The van der Waals surface area contributed by atoms with Crippen LogP contribution in [-0.4, -0.2) is 29.2 Å².